The SMILES string of the molecule is CC(C)NC(=O)C1(C)COC(c2nc(-c3ccc(F)cc3)c(-c3ccnc(OCCN(C)C)n3)[nH]2)OC1. The molecule has 2 N–H and O–H groups in total. The summed E-state index contributed by atoms with van der Waals surface area (Å²) in [5.74, 6) is -0.0669. The maximum Gasteiger partial charge on any atom is 0.316 e. The highest BCUT2D eigenvalue weighted by Crippen LogP contribution is 2.35. The van der Waals surface area contributed by atoms with Gasteiger partial charge in [0, 0.05) is 24.3 Å². The average Bonchev–Trinajstić information content (AvgIpc) is 3.30. The van der Waals surface area contributed by atoms with Crippen LogP contribution in [0, 0.1) is 11.2 Å². The van der Waals surface area contributed by atoms with Crippen molar-refractivity contribution in [3.63, 3.8) is 0 Å². The Morgan fingerprint density at radius 3 is 2.57 bits per heavy atom. The largest absolute Gasteiger partial charge is 0.462 e. The fourth-order valence-corrected chi connectivity index (χ4v) is 3.71. The minimum absolute atomic E-state index is 0.0116. The summed E-state index contributed by atoms with van der Waals surface area (Å²) in [6.45, 7) is 7.08. The zero-order valence-corrected chi connectivity index (χ0v) is 21.7. The van der Waals surface area contributed by atoms with Crippen LogP contribution in [0.2, 0.25) is 0 Å². The number of benzene rings is 1. The van der Waals surface area contributed by atoms with Crippen LogP contribution in [0.5, 0.6) is 6.01 Å². The number of ether oxygens (including phenoxy) is 3. The Kier molecular flexibility index (Phi) is 8.16. The summed E-state index contributed by atoms with van der Waals surface area (Å²) in [5, 5.41) is 2.91. The van der Waals surface area contributed by atoms with E-state index >= 15 is 0 Å². The van der Waals surface area contributed by atoms with Crippen molar-refractivity contribution in [3.05, 3.63) is 48.2 Å². The topological polar surface area (TPSA) is 114 Å². The predicted molar refractivity (Wildman–Crippen MR) is 135 cm³/mol. The monoisotopic (exact) mass is 512 g/mol. The van der Waals surface area contributed by atoms with Crippen LogP contribution < -0.4 is 10.1 Å². The van der Waals surface area contributed by atoms with Crippen LogP contribution in [-0.4, -0.2) is 77.2 Å². The van der Waals surface area contributed by atoms with Crippen LogP contribution in [0.4, 0.5) is 4.39 Å². The predicted octanol–water partition coefficient (Wildman–Crippen LogP) is 3.19. The first-order valence-corrected chi connectivity index (χ1v) is 12.2. The van der Waals surface area contributed by atoms with Crippen LogP contribution in [-0.2, 0) is 14.3 Å². The molecule has 0 unspecified atom stereocenters. The Hall–Kier alpha value is -3.41. The lowest BCUT2D eigenvalue weighted by atomic mass is 9.90. The number of rotatable bonds is 9. The van der Waals surface area contributed by atoms with E-state index in [4.69, 9.17) is 19.2 Å². The van der Waals surface area contributed by atoms with Gasteiger partial charge in [0.05, 0.1) is 35.7 Å². The Morgan fingerprint density at radius 2 is 1.92 bits per heavy atom. The maximum absolute atomic E-state index is 13.6. The van der Waals surface area contributed by atoms with E-state index in [-0.39, 0.29) is 37.0 Å². The van der Waals surface area contributed by atoms with E-state index in [1.807, 2.05) is 32.8 Å². The maximum atomic E-state index is 13.6. The van der Waals surface area contributed by atoms with Crippen LogP contribution in [0.1, 0.15) is 32.9 Å². The Labute approximate surface area is 215 Å². The molecule has 4 rings (SSSR count). The third-order valence-electron chi connectivity index (χ3n) is 5.80. The van der Waals surface area contributed by atoms with E-state index in [0.29, 0.717) is 41.6 Å². The van der Waals surface area contributed by atoms with Crippen molar-refractivity contribution in [2.45, 2.75) is 33.1 Å². The van der Waals surface area contributed by atoms with Crippen molar-refractivity contribution in [3.8, 4) is 28.7 Å². The van der Waals surface area contributed by atoms with Crippen LogP contribution in [0.3, 0.4) is 0 Å². The van der Waals surface area contributed by atoms with E-state index in [1.54, 1.807) is 31.3 Å². The minimum atomic E-state index is -0.818. The number of halogens is 1. The number of hydrogen-bond donors (Lipinski definition) is 2. The molecule has 0 spiro atoms. The van der Waals surface area contributed by atoms with Gasteiger partial charge in [-0.3, -0.25) is 4.79 Å². The lowest BCUT2D eigenvalue weighted by Crippen LogP contribution is -2.50. The van der Waals surface area contributed by atoms with E-state index in [0.717, 1.165) is 0 Å². The second-order valence-electron chi connectivity index (χ2n) is 9.87. The van der Waals surface area contributed by atoms with Gasteiger partial charge in [0.15, 0.2) is 5.82 Å². The fraction of sp³-hybridized carbons (Fsp3) is 0.462. The molecule has 1 aliphatic heterocycles. The summed E-state index contributed by atoms with van der Waals surface area (Å²) in [5.41, 5.74) is 1.54. The number of H-pyrrole nitrogens is 1. The normalized spacial score (nSPS) is 19.8. The number of nitrogens with zero attached hydrogens (tertiary/aromatic N) is 4. The van der Waals surface area contributed by atoms with E-state index in [1.165, 1.54) is 12.1 Å². The van der Waals surface area contributed by atoms with E-state index in [9.17, 15) is 9.18 Å². The number of hydrogen-bond acceptors (Lipinski definition) is 8. The first kappa shape index (κ1) is 26.6. The molecule has 11 heteroatoms. The van der Waals surface area contributed by atoms with Gasteiger partial charge in [0.2, 0.25) is 12.2 Å². The van der Waals surface area contributed by atoms with Gasteiger partial charge in [-0.25, -0.2) is 14.4 Å². The summed E-state index contributed by atoms with van der Waals surface area (Å²) in [4.78, 5) is 31.4. The molecule has 10 nitrogen and oxygen atoms in total. The van der Waals surface area contributed by atoms with Gasteiger partial charge < -0.3 is 29.4 Å². The smallest absolute Gasteiger partial charge is 0.316 e. The second kappa shape index (κ2) is 11.3. The van der Waals surface area contributed by atoms with Crippen molar-refractivity contribution >= 4 is 5.91 Å². The third kappa shape index (κ3) is 6.48. The number of carbonyl (C=O) groups is 1. The van der Waals surface area contributed by atoms with Crippen molar-refractivity contribution in [2.24, 2.45) is 5.41 Å². The highest BCUT2D eigenvalue weighted by Gasteiger charge is 2.41. The molecule has 1 saturated heterocycles. The molecular formula is C26H33FN6O4. The van der Waals surface area contributed by atoms with Gasteiger partial charge in [-0.2, -0.15) is 4.98 Å². The summed E-state index contributed by atoms with van der Waals surface area (Å²) in [7, 11) is 3.91. The van der Waals surface area contributed by atoms with Gasteiger partial charge in [0.1, 0.15) is 12.4 Å². The second-order valence-corrected chi connectivity index (χ2v) is 9.87. The highest BCUT2D eigenvalue weighted by atomic mass is 19.1. The highest BCUT2D eigenvalue weighted by molar-refractivity contribution is 5.83. The molecule has 0 bridgehead atoms. The number of imidazole rings is 1. The standard InChI is InChI=1S/C26H33FN6O4/c1-16(2)29-24(34)26(3)14-36-23(37-15-26)22-31-20(17-6-8-18(27)9-7-17)21(32-22)19-10-11-28-25(30-19)35-13-12-33(4)5/h6-11,16,23H,12-15H2,1-5H3,(H,29,34)(H,31,32). The number of aromatic nitrogens is 4. The number of aromatic amines is 1. The molecule has 3 heterocycles. The van der Waals surface area contributed by atoms with Crippen LogP contribution in [0.25, 0.3) is 22.6 Å². The van der Waals surface area contributed by atoms with Crippen molar-refractivity contribution < 1.29 is 23.4 Å². The molecule has 1 amide bonds. The van der Waals surface area contributed by atoms with Gasteiger partial charge in [-0.1, -0.05) is 0 Å². The van der Waals surface area contributed by atoms with Gasteiger partial charge in [0.25, 0.3) is 0 Å². The quantitative estimate of drug-likeness (QED) is 0.449. The van der Waals surface area contributed by atoms with Crippen molar-refractivity contribution in [1.29, 1.82) is 0 Å². The summed E-state index contributed by atoms with van der Waals surface area (Å²) < 4.78 is 31.2. The first-order chi connectivity index (χ1) is 17.6. The molecule has 1 aromatic carbocycles. The average molecular weight is 513 g/mol. The Bertz CT molecular complexity index is 1210. The lowest BCUT2D eigenvalue weighted by Gasteiger charge is -2.35. The molecule has 0 radical (unpaired) electrons. The number of likely N-dealkylation sites (N-methyl/N-ethyl adjacent to an activating group) is 1. The molecule has 37 heavy (non-hydrogen) atoms. The molecule has 1 aliphatic rings. The number of carbonyl (C=O) groups excluding carboxylic acids is 1. The molecule has 0 saturated carbocycles. The fourth-order valence-electron chi connectivity index (χ4n) is 3.71. The van der Waals surface area contributed by atoms with E-state index in [2.05, 4.69) is 20.3 Å². The van der Waals surface area contributed by atoms with Crippen LogP contribution >= 0.6 is 0 Å². The molecule has 2 aromatic heterocycles. The van der Waals surface area contributed by atoms with Crippen molar-refractivity contribution in [2.75, 3.05) is 40.5 Å². The molecule has 3 aromatic rings. The third-order valence-corrected chi connectivity index (χ3v) is 5.80. The first-order valence-electron chi connectivity index (χ1n) is 12.2. The molecule has 198 valence electrons. The summed E-state index contributed by atoms with van der Waals surface area (Å²) >= 11 is 0. The Morgan fingerprint density at radius 1 is 1.22 bits per heavy atom. The van der Waals surface area contributed by atoms with Gasteiger partial charge >= 0.3 is 6.01 Å². The van der Waals surface area contributed by atoms with Crippen LogP contribution in [0.15, 0.2) is 36.5 Å². The van der Waals surface area contributed by atoms with Gasteiger partial charge in [-0.15, -0.1) is 0 Å². The molecule has 0 atom stereocenters. The molecular weight excluding hydrogens is 479 g/mol. The lowest BCUT2D eigenvalue weighted by molar-refractivity contribution is -0.231. The zero-order chi connectivity index (χ0) is 26.6. The molecule has 1 fully saturated rings. The number of amides is 1. The zero-order valence-electron chi connectivity index (χ0n) is 21.7. The van der Waals surface area contributed by atoms with Gasteiger partial charge in [-0.05, 0) is 65.2 Å². The number of nitrogens with one attached hydrogen (secondary N) is 2. The summed E-state index contributed by atoms with van der Waals surface area (Å²) in [6.07, 6.45) is 0.791. The Balaban J connectivity index is 1.61. The van der Waals surface area contributed by atoms with Crippen molar-refractivity contribution in [1.82, 2.24) is 30.2 Å². The van der Waals surface area contributed by atoms with E-state index < -0.39 is 11.7 Å². The summed E-state index contributed by atoms with van der Waals surface area (Å²) in [6, 6.07) is 8.01. The minimum Gasteiger partial charge on any atom is -0.462 e. The molecule has 0 aliphatic carbocycles.